The number of nitriles is 1. The molecule has 2 aliphatic carbocycles. The summed E-state index contributed by atoms with van der Waals surface area (Å²) >= 11 is 6.72. The Kier molecular flexibility index (Phi) is 9.09. The molecule has 248 valence electrons. The van der Waals surface area contributed by atoms with Gasteiger partial charge in [-0.2, -0.15) is 5.26 Å². The molecular weight excluding hydrogens is 636 g/mol. The number of hydrogen-bond acceptors (Lipinski definition) is 8. The molecule has 10 heteroatoms. The molecule has 2 aromatic heterocycles. The second-order valence-corrected chi connectivity index (χ2v) is 13.5. The van der Waals surface area contributed by atoms with Gasteiger partial charge < -0.3 is 25.8 Å². The van der Waals surface area contributed by atoms with Gasteiger partial charge in [-0.1, -0.05) is 48.0 Å². The predicted molar refractivity (Wildman–Crippen MR) is 191 cm³/mol. The Morgan fingerprint density at radius 3 is 2.57 bits per heavy atom. The quantitative estimate of drug-likeness (QED) is 0.122. The molecule has 9 nitrogen and oxygen atoms in total. The zero-order valence-corrected chi connectivity index (χ0v) is 28.0. The Hall–Kier alpha value is -5.17. The lowest BCUT2D eigenvalue weighted by molar-refractivity contribution is -0.117. The molecule has 49 heavy (non-hydrogen) atoms. The van der Waals surface area contributed by atoms with E-state index in [2.05, 4.69) is 50.9 Å². The second kappa shape index (κ2) is 13.7. The van der Waals surface area contributed by atoms with Crippen molar-refractivity contribution in [2.45, 2.75) is 44.6 Å². The van der Waals surface area contributed by atoms with Crippen LogP contribution in [0.2, 0.25) is 5.02 Å². The van der Waals surface area contributed by atoms with Gasteiger partial charge in [0.05, 0.1) is 45.5 Å². The number of nitrogens with two attached hydrogens (primary N) is 1. The highest BCUT2D eigenvalue weighted by Crippen LogP contribution is 2.48. The number of aryl methyl sites for hydroxylation is 1. The SMILES string of the molecule is Cc1cccnc1COc1ccc(Nc2c(C#N)cnc3cc(OCC4CC(CN)(c5ccccc5)C4)c(NC(=O)C4CC4)cc23)c(Cl)c1. The fourth-order valence-electron chi connectivity index (χ4n) is 6.56. The zero-order valence-electron chi connectivity index (χ0n) is 27.2. The van der Waals surface area contributed by atoms with Crippen molar-refractivity contribution >= 4 is 45.5 Å². The minimum absolute atomic E-state index is 0.00601. The lowest BCUT2D eigenvalue weighted by Crippen LogP contribution is -2.48. The number of aromatic nitrogens is 2. The molecule has 0 aliphatic heterocycles. The average Bonchev–Trinajstić information content (AvgIpc) is 3.95. The number of benzene rings is 3. The number of ether oxygens (including phenoxy) is 2. The topological polar surface area (TPSA) is 135 Å². The molecule has 3 aromatic carbocycles. The van der Waals surface area contributed by atoms with E-state index in [0.717, 1.165) is 36.9 Å². The third-order valence-electron chi connectivity index (χ3n) is 9.60. The van der Waals surface area contributed by atoms with Gasteiger partial charge in [-0.25, -0.2) is 0 Å². The van der Waals surface area contributed by atoms with Gasteiger partial charge in [0.25, 0.3) is 0 Å². The van der Waals surface area contributed by atoms with Crippen LogP contribution in [0.1, 0.15) is 48.1 Å². The predicted octanol–water partition coefficient (Wildman–Crippen LogP) is 7.82. The van der Waals surface area contributed by atoms with Gasteiger partial charge in [-0.05, 0) is 73.9 Å². The summed E-state index contributed by atoms with van der Waals surface area (Å²) < 4.78 is 12.4. The van der Waals surface area contributed by atoms with Crippen LogP contribution >= 0.6 is 11.6 Å². The Morgan fingerprint density at radius 2 is 1.86 bits per heavy atom. The fraction of sp³-hybridized carbons (Fsp3) is 0.282. The van der Waals surface area contributed by atoms with Crippen LogP contribution < -0.4 is 25.8 Å². The van der Waals surface area contributed by atoms with E-state index in [1.165, 1.54) is 11.8 Å². The molecule has 7 rings (SSSR count). The van der Waals surface area contributed by atoms with Crippen LogP contribution in [0.4, 0.5) is 17.1 Å². The highest BCUT2D eigenvalue weighted by Gasteiger charge is 2.44. The number of nitrogens with one attached hydrogen (secondary N) is 2. The molecular formula is C39H37ClN6O3. The van der Waals surface area contributed by atoms with Crippen LogP contribution in [0, 0.1) is 30.1 Å². The third-order valence-corrected chi connectivity index (χ3v) is 9.91. The summed E-state index contributed by atoms with van der Waals surface area (Å²) in [7, 11) is 0. The molecule has 2 aliphatic rings. The Bertz CT molecular complexity index is 2050. The normalized spacial score (nSPS) is 18.3. The van der Waals surface area contributed by atoms with Crippen molar-refractivity contribution in [1.82, 2.24) is 9.97 Å². The molecule has 0 spiro atoms. The lowest BCUT2D eigenvalue weighted by atomic mass is 9.59. The number of carbonyl (C=O) groups excluding carboxylic acids is 1. The number of hydrogen-bond donors (Lipinski definition) is 3. The summed E-state index contributed by atoms with van der Waals surface area (Å²) in [6, 6.07) is 25.5. The number of pyridine rings is 2. The van der Waals surface area contributed by atoms with Gasteiger partial charge in [-0.3, -0.25) is 14.8 Å². The molecule has 2 saturated carbocycles. The summed E-state index contributed by atoms with van der Waals surface area (Å²) in [4.78, 5) is 22.0. The van der Waals surface area contributed by atoms with Crippen molar-refractivity contribution in [1.29, 1.82) is 5.26 Å². The van der Waals surface area contributed by atoms with E-state index in [1.54, 1.807) is 18.3 Å². The zero-order chi connectivity index (χ0) is 34.0. The molecule has 0 atom stereocenters. The minimum Gasteiger partial charge on any atom is -0.491 e. The van der Waals surface area contributed by atoms with Gasteiger partial charge in [-0.15, -0.1) is 0 Å². The average molecular weight is 673 g/mol. The number of amides is 1. The summed E-state index contributed by atoms with van der Waals surface area (Å²) in [6.45, 7) is 3.36. The number of nitrogens with zero attached hydrogens (tertiary/aromatic N) is 3. The van der Waals surface area contributed by atoms with E-state index in [4.69, 9.17) is 26.8 Å². The Balaban J connectivity index is 1.14. The van der Waals surface area contributed by atoms with Crippen molar-refractivity contribution in [3.63, 3.8) is 0 Å². The molecule has 4 N–H and O–H groups in total. The molecule has 0 unspecified atom stereocenters. The summed E-state index contributed by atoms with van der Waals surface area (Å²) in [5, 5.41) is 17.6. The van der Waals surface area contributed by atoms with Crippen LogP contribution in [0.15, 0.2) is 85.2 Å². The lowest BCUT2D eigenvalue weighted by Gasteiger charge is -2.47. The number of carbonyl (C=O) groups is 1. The first kappa shape index (κ1) is 32.4. The van der Waals surface area contributed by atoms with Crippen LogP contribution in [0.5, 0.6) is 11.5 Å². The van der Waals surface area contributed by atoms with Gasteiger partial charge in [0.1, 0.15) is 24.2 Å². The minimum atomic E-state index is -0.0440. The van der Waals surface area contributed by atoms with Crippen molar-refractivity contribution in [3.8, 4) is 17.6 Å². The molecule has 0 saturated heterocycles. The second-order valence-electron chi connectivity index (χ2n) is 13.0. The van der Waals surface area contributed by atoms with Gasteiger partial charge >= 0.3 is 0 Å². The molecule has 1 amide bonds. The summed E-state index contributed by atoms with van der Waals surface area (Å²) in [5.74, 6) is 1.40. The van der Waals surface area contributed by atoms with E-state index < -0.39 is 0 Å². The first-order valence-corrected chi connectivity index (χ1v) is 16.9. The van der Waals surface area contributed by atoms with Crippen molar-refractivity contribution in [3.05, 3.63) is 113 Å². The maximum absolute atomic E-state index is 13.0. The van der Waals surface area contributed by atoms with E-state index in [9.17, 15) is 10.1 Å². The molecule has 0 bridgehead atoms. The van der Waals surface area contributed by atoms with Gasteiger partial charge in [0.2, 0.25) is 5.91 Å². The number of fused-ring (bicyclic) bond motifs is 1. The Labute approximate surface area is 290 Å². The molecule has 5 aromatic rings. The van der Waals surface area contributed by atoms with Crippen LogP contribution in [0.25, 0.3) is 10.9 Å². The summed E-state index contributed by atoms with van der Waals surface area (Å²) in [5.41, 5.74) is 11.9. The van der Waals surface area contributed by atoms with Crippen molar-refractivity contribution in [2.24, 2.45) is 17.6 Å². The standard InChI is InChI=1S/C39H37ClN6O3/c1-24-6-5-13-43-35(24)22-48-29-11-12-32(31(40)14-29)45-37-27(19-41)20-44-33-16-36(34(15-30(33)37)46-38(47)26-9-10-26)49-21-25-17-39(18-25,23-42)28-7-3-2-4-8-28/h2-8,11-16,20,25-26H,9-10,17-18,21-23,42H2,1H3,(H,44,45)(H,46,47). The van der Waals surface area contributed by atoms with E-state index in [-0.39, 0.29) is 17.2 Å². The fourth-order valence-corrected chi connectivity index (χ4v) is 6.78. The molecule has 2 heterocycles. The number of halogens is 1. The summed E-state index contributed by atoms with van der Waals surface area (Å²) in [6.07, 6.45) is 6.85. The van der Waals surface area contributed by atoms with Gasteiger partial charge in [0.15, 0.2) is 0 Å². The van der Waals surface area contributed by atoms with Crippen molar-refractivity contribution in [2.75, 3.05) is 23.8 Å². The number of rotatable bonds is 12. The highest BCUT2D eigenvalue weighted by molar-refractivity contribution is 6.33. The molecule has 2 fully saturated rings. The maximum Gasteiger partial charge on any atom is 0.227 e. The van der Waals surface area contributed by atoms with Crippen LogP contribution in [-0.4, -0.2) is 29.0 Å². The Morgan fingerprint density at radius 1 is 1.04 bits per heavy atom. The van der Waals surface area contributed by atoms with Crippen LogP contribution in [-0.2, 0) is 16.8 Å². The maximum atomic E-state index is 13.0. The number of anilines is 3. The monoisotopic (exact) mass is 672 g/mol. The van der Waals surface area contributed by atoms with Crippen LogP contribution in [0.3, 0.4) is 0 Å². The third kappa shape index (κ3) is 6.89. The first-order valence-electron chi connectivity index (χ1n) is 16.5. The van der Waals surface area contributed by atoms with Gasteiger partial charge in [0, 0.05) is 47.8 Å². The van der Waals surface area contributed by atoms with E-state index in [1.807, 2.05) is 43.3 Å². The first-order chi connectivity index (χ1) is 23.9. The van der Waals surface area contributed by atoms with E-state index in [0.29, 0.717) is 75.7 Å². The largest absolute Gasteiger partial charge is 0.491 e. The van der Waals surface area contributed by atoms with E-state index >= 15 is 0 Å². The van der Waals surface area contributed by atoms with Crippen molar-refractivity contribution < 1.29 is 14.3 Å². The smallest absolute Gasteiger partial charge is 0.227 e. The highest BCUT2D eigenvalue weighted by atomic mass is 35.5. The molecule has 0 radical (unpaired) electrons.